The Morgan fingerprint density at radius 3 is 2.32 bits per heavy atom. The van der Waals surface area contributed by atoms with Crippen LogP contribution in [0.3, 0.4) is 0 Å². The molecule has 0 amide bonds. The van der Waals surface area contributed by atoms with Crippen molar-refractivity contribution >= 4 is 35.2 Å². The first-order valence-corrected chi connectivity index (χ1v) is 8.35. The van der Waals surface area contributed by atoms with Gasteiger partial charge in [-0.25, -0.2) is 0 Å². The second-order valence-electron chi connectivity index (χ2n) is 6.24. The van der Waals surface area contributed by atoms with Crippen molar-refractivity contribution in [3.63, 3.8) is 0 Å². The lowest BCUT2D eigenvalue weighted by Gasteiger charge is -2.22. The third-order valence-electron chi connectivity index (χ3n) is 3.81. The van der Waals surface area contributed by atoms with Crippen LogP contribution in [0.25, 0.3) is 0 Å². The average molecular weight is 386 g/mol. The second kappa shape index (κ2) is 8.62. The number of nitrogens with one attached hydrogen (secondary N) is 9. The fraction of sp³-hybridized carbons (Fsp3) is 0.250. The topological polar surface area (TPSA) is 194 Å². The molecule has 0 atom stereocenters. The van der Waals surface area contributed by atoms with Crippen LogP contribution < -0.4 is 27.0 Å². The zero-order valence-corrected chi connectivity index (χ0v) is 16.0. The first-order valence-electron chi connectivity index (χ1n) is 8.35. The van der Waals surface area contributed by atoms with Crippen LogP contribution in [-0.2, 0) is 6.67 Å². The van der Waals surface area contributed by atoms with Crippen molar-refractivity contribution in [1.82, 2.24) is 25.1 Å². The summed E-state index contributed by atoms with van der Waals surface area (Å²) in [7, 11) is 1.73. The van der Waals surface area contributed by atoms with Gasteiger partial charge in [0.2, 0.25) is 0 Å². The van der Waals surface area contributed by atoms with Crippen molar-refractivity contribution in [2.45, 2.75) is 20.5 Å². The molecule has 0 spiro atoms. The fourth-order valence-electron chi connectivity index (χ4n) is 2.42. The Morgan fingerprint density at radius 2 is 1.71 bits per heavy atom. The van der Waals surface area contributed by atoms with Crippen LogP contribution >= 0.6 is 0 Å². The summed E-state index contributed by atoms with van der Waals surface area (Å²) in [5, 5.41) is 41.7. The SMILES string of the molecule is Cc1cn(CN(C)C(=N)NC(=N)Nc2cc[nH]c2C)cc1NC(=N)NC(=N)N. The molecule has 0 radical (unpaired) electrons. The van der Waals surface area contributed by atoms with Crippen LogP contribution in [0.2, 0.25) is 0 Å². The number of aromatic nitrogens is 2. The Kier molecular flexibility index (Phi) is 6.26. The lowest BCUT2D eigenvalue weighted by molar-refractivity contribution is 0.393. The van der Waals surface area contributed by atoms with Gasteiger partial charge in [-0.05, 0) is 25.5 Å². The molecule has 2 aromatic heterocycles. The zero-order chi connectivity index (χ0) is 20.8. The first-order chi connectivity index (χ1) is 13.2. The van der Waals surface area contributed by atoms with Crippen molar-refractivity contribution < 1.29 is 0 Å². The van der Waals surface area contributed by atoms with E-state index in [1.807, 2.05) is 30.7 Å². The van der Waals surface area contributed by atoms with Gasteiger partial charge in [0.05, 0.1) is 18.0 Å². The number of hydrogen-bond acceptors (Lipinski definition) is 4. The van der Waals surface area contributed by atoms with Crippen LogP contribution in [0.15, 0.2) is 24.7 Å². The van der Waals surface area contributed by atoms with Crippen LogP contribution in [0.4, 0.5) is 11.4 Å². The van der Waals surface area contributed by atoms with Crippen molar-refractivity contribution in [3.8, 4) is 0 Å². The van der Waals surface area contributed by atoms with E-state index in [1.54, 1.807) is 24.3 Å². The quantitative estimate of drug-likeness (QED) is 0.271. The molecular formula is C16H26N12. The summed E-state index contributed by atoms with van der Waals surface area (Å²) in [4.78, 5) is 4.64. The van der Waals surface area contributed by atoms with Crippen molar-refractivity contribution in [2.24, 2.45) is 5.73 Å². The van der Waals surface area contributed by atoms with Crippen LogP contribution in [0.5, 0.6) is 0 Å². The highest BCUT2D eigenvalue weighted by Crippen LogP contribution is 2.16. The molecule has 12 nitrogen and oxygen atoms in total. The molecule has 0 aliphatic rings. The molecule has 0 bridgehead atoms. The highest BCUT2D eigenvalue weighted by atomic mass is 15.4. The van der Waals surface area contributed by atoms with E-state index < -0.39 is 0 Å². The first kappa shape index (κ1) is 20.4. The van der Waals surface area contributed by atoms with E-state index in [9.17, 15) is 0 Å². The molecule has 150 valence electrons. The van der Waals surface area contributed by atoms with Gasteiger partial charge < -0.3 is 30.8 Å². The number of rotatable bonds is 4. The standard InChI is InChI=1S/C16H26N12/c1-9-6-28(7-12(9)24-14(19)25-13(17)18)8-27(3)16(21)26-15(20)23-11-4-5-22-10(11)2/h4-7,22H,8H2,1-3H3,(H4,20,21,23,26)(H6,17,18,19,24,25). The van der Waals surface area contributed by atoms with Crippen molar-refractivity contribution in [1.29, 1.82) is 21.6 Å². The molecule has 11 N–H and O–H groups in total. The summed E-state index contributed by atoms with van der Waals surface area (Å²) < 4.78 is 1.84. The molecule has 0 fully saturated rings. The molecule has 0 aliphatic heterocycles. The van der Waals surface area contributed by atoms with Gasteiger partial charge in [0.1, 0.15) is 0 Å². The summed E-state index contributed by atoms with van der Waals surface area (Å²) >= 11 is 0. The van der Waals surface area contributed by atoms with Gasteiger partial charge in [0.25, 0.3) is 0 Å². The number of aromatic amines is 1. The maximum Gasteiger partial charge on any atom is 0.199 e. The van der Waals surface area contributed by atoms with Crippen LogP contribution in [0, 0.1) is 35.5 Å². The fourth-order valence-corrected chi connectivity index (χ4v) is 2.42. The zero-order valence-electron chi connectivity index (χ0n) is 16.0. The van der Waals surface area contributed by atoms with Gasteiger partial charge in [0, 0.05) is 31.3 Å². The maximum absolute atomic E-state index is 8.12. The highest BCUT2D eigenvalue weighted by Gasteiger charge is 2.11. The molecular weight excluding hydrogens is 360 g/mol. The molecule has 0 aliphatic carbocycles. The Bertz CT molecular complexity index is 889. The number of H-pyrrole nitrogens is 1. The highest BCUT2D eigenvalue weighted by molar-refractivity contribution is 6.03. The van der Waals surface area contributed by atoms with E-state index in [1.165, 1.54) is 0 Å². The van der Waals surface area contributed by atoms with E-state index in [4.69, 9.17) is 27.4 Å². The molecule has 12 heteroatoms. The monoisotopic (exact) mass is 386 g/mol. The third kappa shape index (κ3) is 5.52. The Labute approximate surface area is 162 Å². The van der Waals surface area contributed by atoms with E-state index in [2.05, 4.69) is 26.3 Å². The number of anilines is 2. The molecule has 0 saturated heterocycles. The molecule has 0 saturated carbocycles. The van der Waals surface area contributed by atoms with Crippen molar-refractivity contribution in [3.05, 3.63) is 35.9 Å². The summed E-state index contributed by atoms with van der Waals surface area (Å²) in [6.07, 6.45) is 5.41. The predicted molar refractivity (Wildman–Crippen MR) is 111 cm³/mol. The lowest BCUT2D eigenvalue weighted by Crippen LogP contribution is -2.44. The molecule has 2 aromatic rings. The lowest BCUT2D eigenvalue weighted by atomic mass is 10.3. The van der Waals surface area contributed by atoms with Crippen LogP contribution in [-0.4, -0.2) is 45.3 Å². The Balaban J connectivity index is 1.90. The molecule has 0 unspecified atom stereocenters. The summed E-state index contributed by atoms with van der Waals surface area (Å²) in [5.41, 5.74) is 8.45. The Hall–Kier alpha value is -3.96. The minimum atomic E-state index is -0.320. The normalized spacial score (nSPS) is 10.1. The van der Waals surface area contributed by atoms with E-state index >= 15 is 0 Å². The average Bonchev–Trinajstić information content (AvgIpc) is 3.12. The summed E-state index contributed by atoms with van der Waals surface area (Å²) in [6.45, 7) is 4.12. The number of aryl methyl sites for hydroxylation is 2. The Morgan fingerprint density at radius 1 is 1.07 bits per heavy atom. The summed E-state index contributed by atoms with van der Waals surface area (Å²) in [6, 6.07) is 1.81. The predicted octanol–water partition coefficient (Wildman–Crippen LogP) is 0.723. The van der Waals surface area contributed by atoms with Gasteiger partial charge in [0.15, 0.2) is 23.8 Å². The summed E-state index contributed by atoms with van der Waals surface area (Å²) in [5.74, 6) is -0.373. The number of hydrogen-bond donors (Lipinski definition) is 10. The van der Waals surface area contributed by atoms with Gasteiger partial charge in [-0.2, -0.15) is 0 Å². The number of nitrogens with zero attached hydrogens (tertiary/aromatic N) is 2. The second-order valence-corrected chi connectivity index (χ2v) is 6.24. The minimum absolute atomic E-state index is 0.00523. The molecule has 0 aromatic carbocycles. The number of guanidine groups is 4. The van der Waals surface area contributed by atoms with Gasteiger partial charge in [-0.15, -0.1) is 0 Å². The number of nitrogens with two attached hydrogens (primary N) is 1. The third-order valence-corrected chi connectivity index (χ3v) is 3.81. The van der Waals surface area contributed by atoms with E-state index in [0.717, 1.165) is 16.9 Å². The smallest absolute Gasteiger partial charge is 0.199 e. The molecule has 2 rings (SSSR count). The minimum Gasteiger partial charge on any atom is -0.370 e. The molecule has 2 heterocycles. The molecule has 28 heavy (non-hydrogen) atoms. The maximum atomic E-state index is 8.12. The largest absolute Gasteiger partial charge is 0.370 e. The van der Waals surface area contributed by atoms with Crippen LogP contribution in [0.1, 0.15) is 11.3 Å². The van der Waals surface area contributed by atoms with Gasteiger partial charge in [-0.3, -0.25) is 32.3 Å². The van der Waals surface area contributed by atoms with E-state index in [-0.39, 0.29) is 23.8 Å². The van der Waals surface area contributed by atoms with Gasteiger partial charge >= 0.3 is 0 Å². The van der Waals surface area contributed by atoms with Gasteiger partial charge in [-0.1, -0.05) is 0 Å². The van der Waals surface area contributed by atoms with E-state index in [0.29, 0.717) is 12.4 Å². The van der Waals surface area contributed by atoms with Crippen molar-refractivity contribution in [2.75, 3.05) is 17.7 Å².